The Morgan fingerprint density at radius 2 is 1.26 bits per heavy atom. The summed E-state index contributed by atoms with van der Waals surface area (Å²) in [5, 5.41) is 0. The quantitative estimate of drug-likeness (QED) is 0.461. The number of halogens is 2. The van der Waals surface area contributed by atoms with Crippen LogP contribution in [-0.4, -0.2) is 9.97 Å². The van der Waals surface area contributed by atoms with E-state index in [1.807, 2.05) is 0 Å². The average Bonchev–Trinajstić information content (AvgIpc) is 2.68. The number of fused-ring (bicyclic) bond motifs is 3. The Morgan fingerprint density at radius 3 is 1.63 bits per heavy atom. The van der Waals surface area contributed by atoms with E-state index in [2.05, 4.69) is 83.3 Å². The second-order valence-electron chi connectivity index (χ2n) is 4.85. The molecule has 0 radical (unpaired) electrons. The standard InChI is InChI=1S/C15H14I2N2/c1-3-15(4-2)9-5-7-11(16)18-13(9)14-10(15)6-8-12(17)19-14/h5-8H,3-4H2,1-2H3. The van der Waals surface area contributed by atoms with Gasteiger partial charge in [0.25, 0.3) is 0 Å². The molecule has 1 aliphatic carbocycles. The zero-order valence-corrected chi connectivity index (χ0v) is 15.2. The van der Waals surface area contributed by atoms with Gasteiger partial charge in [-0.1, -0.05) is 26.0 Å². The first-order valence-electron chi connectivity index (χ1n) is 6.47. The normalized spacial score (nSPS) is 15.2. The highest BCUT2D eigenvalue weighted by atomic mass is 127. The third-order valence-electron chi connectivity index (χ3n) is 4.19. The molecule has 2 aromatic heterocycles. The lowest BCUT2D eigenvalue weighted by Gasteiger charge is -2.28. The fourth-order valence-electron chi connectivity index (χ4n) is 3.16. The molecule has 1 aliphatic rings. The first-order valence-corrected chi connectivity index (χ1v) is 8.62. The lowest BCUT2D eigenvalue weighted by atomic mass is 9.74. The molecule has 0 atom stereocenters. The summed E-state index contributed by atoms with van der Waals surface area (Å²) in [5.74, 6) is 0. The van der Waals surface area contributed by atoms with Crippen molar-refractivity contribution in [1.82, 2.24) is 9.97 Å². The van der Waals surface area contributed by atoms with Gasteiger partial charge in [0.05, 0.1) is 11.4 Å². The number of aromatic nitrogens is 2. The largest absolute Gasteiger partial charge is 0.240 e. The summed E-state index contributed by atoms with van der Waals surface area (Å²) in [4.78, 5) is 9.50. The van der Waals surface area contributed by atoms with Gasteiger partial charge in [-0.15, -0.1) is 0 Å². The molecule has 2 aromatic rings. The molecule has 2 nitrogen and oxygen atoms in total. The lowest BCUT2D eigenvalue weighted by Crippen LogP contribution is -2.23. The molecule has 4 heteroatoms. The fourth-order valence-corrected chi connectivity index (χ4v) is 4.00. The van der Waals surface area contributed by atoms with Crippen molar-refractivity contribution in [2.45, 2.75) is 32.1 Å². The Bertz CT molecular complexity index is 595. The van der Waals surface area contributed by atoms with Crippen molar-refractivity contribution in [3.63, 3.8) is 0 Å². The molecule has 0 saturated carbocycles. The molecule has 19 heavy (non-hydrogen) atoms. The smallest absolute Gasteiger partial charge is 0.102 e. The van der Waals surface area contributed by atoms with Crippen LogP contribution in [0.25, 0.3) is 11.4 Å². The van der Waals surface area contributed by atoms with Crippen molar-refractivity contribution in [2.24, 2.45) is 0 Å². The highest BCUT2D eigenvalue weighted by Gasteiger charge is 2.42. The number of nitrogens with zero attached hydrogens (tertiary/aromatic N) is 2. The van der Waals surface area contributed by atoms with Gasteiger partial charge in [0.1, 0.15) is 7.40 Å². The van der Waals surface area contributed by atoms with E-state index in [-0.39, 0.29) is 5.41 Å². The summed E-state index contributed by atoms with van der Waals surface area (Å²) in [6, 6.07) is 8.70. The number of pyridine rings is 2. The Morgan fingerprint density at radius 1 is 0.842 bits per heavy atom. The molecule has 0 saturated heterocycles. The van der Waals surface area contributed by atoms with Crippen molar-refractivity contribution in [3.05, 3.63) is 42.8 Å². The molecule has 0 bridgehead atoms. The van der Waals surface area contributed by atoms with E-state index in [0.717, 1.165) is 31.6 Å². The van der Waals surface area contributed by atoms with Gasteiger partial charge in [0.15, 0.2) is 0 Å². The molecule has 0 unspecified atom stereocenters. The predicted molar refractivity (Wildman–Crippen MR) is 94.3 cm³/mol. The van der Waals surface area contributed by atoms with Crippen LogP contribution in [-0.2, 0) is 5.41 Å². The maximum atomic E-state index is 4.75. The van der Waals surface area contributed by atoms with Gasteiger partial charge in [-0.05, 0) is 81.3 Å². The first kappa shape index (κ1) is 13.7. The zero-order valence-electron chi connectivity index (χ0n) is 10.9. The van der Waals surface area contributed by atoms with Crippen LogP contribution in [0.2, 0.25) is 0 Å². The van der Waals surface area contributed by atoms with Crippen molar-refractivity contribution in [1.29, 1.82) is 0 Å². The molecule has 3 rings (SSSR count). The summed E-state index contributed by atoms with van der Waals surface area (Å²) >= 11 is 4.55. The summed E-state index contributed by atoms with van der Waals surface area (Å²) in [6.07, 6.45) is 2.18. The molecule has 0 N–H and O–H groups in total. The van der Waals surface area contributed by atoms with E-state index >= 15 is 0 Å². The molecule has 0 fully saturated rings. The molecular weight excluding hydrogens is 462 g/mol. The van der Waals surface area contributed by atoms with E-state index < -0.39 is 0 Å². The van der Waals surface area contributed by atoms with Gasteiger partial charge < -0.3 is 0 Å². The van der Waals surface area contributed by atoms with Gasteiger partial charge in [-0.3, -0.25) is 0 Å². The summed E-state index contributed by atoms with van der Waals surface area (Å²) in [7, 11) is 0. The monoisotopic (exact) mass is 476 g/mol. The van der Waals surface area contributed by atoms with Gasteiger partial charge in [-0.2, -0.15) is 0 Å². The number of hydrogen-bond acceptors (Lipinski definition) is 2. The second-order valence-corrected chi connectivity index (χ2v) is 7.06. The van der Waals surface area contributed by atoms with Crippen LogP contribution in [0.5, 0.6) is 0 Å². The van der Waals surface area contributed by atoms with Crippen LogP contribution in [0.1, 0.15) is 37.8 Å². The molecular formula is C15H14I2N2. The van der Waals surface area contributed by atoms with Crippen LogP contribution in [0.4, 0.5) is 0 Å². The van der Waals surface area contributed by atoms with Crippen LogP contribution >= 0.6 is 45.2 Å². The van der Waals surface area contributed by atoms with Crippen molar-refractivity contribution >= 4 is 45.2 Å². The predicted octanol–water partition coefficient (Wildman–Crippen LogP) is 4.77. The van der Waals surface area contributed by atoms with E-state index in [1.165, 1.54) is 11.1 Å². The van der Waals surface area contributed by atoms with Crippen molar-refractivity contribution in [2.75, 3.05) is 0 Å². The van der Waals surface area contributed by atoms with Gasteiger partial charge in [-0.25, -0.2) is 9.97 Å². The Balaban J connectivity index is 2.39. The first-order chi connectivity index (χ1) is 9.12. The van der Waals surface area contributed by atoms with E-state index in [0.29, 0.717) is 0 Å². The van der Waals surface area contributed by atoms with Crippen molar-refractivity contribution < 1.29 is 0 Å². The summed E-state index contributed by atoms with van der Waals surface area (Å²) in [6.45, 7) is 4.52. The van der Waals surface area contributed by atoms with Gasteiger partial charge in [0, 0.05) is 5.41 Å². The van der Waals surface area contributed by atoms with E-state index in [1.54, 1.807) is 0 Å². The lowest BCUT2D eigenvalue weighted by molar-refractivity contribution is 0.489. The van der Waals surface area contributed by atoms with Crippen LogP contribution in [0, 0.1) is 7.40 Å². The minimum Gasteiger partial charge on any atom is -0.240 e. The third kappa shape index (κ3) is 1.93. The third-order valence-corrected chi connectivity index (χ3v) is 5.39. The Hall–Kier alpha value is -0.240. The SMILES string of the molecule is CCC1(CC)c2ccc(I)nc2-c2nc(I)ccc21. The zero-order chi connectivity index (χ0) is 13.6. The topological polar surface area (TPSA) is 25.8 Å². The average molecular weight is 476 g/mol. The minimum atomic E-state index is 0.0966. The molecule has 0 spiro atoms. The number of hydrogen-bond donors (Lipinski definition) is 0. The maximum Gasteiger partial charge on any atom is 0.102 e. The number of rotatable bonds is 2. The van der Waals surface area contributed by atoms with Gasteiger partial charge in [0.2, 0.25) is 0 Å². The summed E-state index contributed by atoms with van der Waals surface area (Å²) < 4.78 is 2.07. The Labute approximate surface area is 140 Å². The minimum absolute atomic E-state index is 0.0966. The maximum absolute atomic E-state index is 4.75. The highest BCUT2D eigenvalue weighted by molar-refractivity contribution is 14.1. The van der Waals surface area contributed by atoms with Crippen LogP contribution in [0.3, 0.4) is 0 Å². The van der Waals surface area contributed by atoms with Gasteiger partial charge >= 0.3 is 0 Å². The fraction of sp³-hybridized carbons (Fsp3) is 0.333. The molecule has 0 aliphatic heterocycles. The van der Waals surface area contributed by atoms with E-state index in [4.69, 9.17) is 9.97 Å². The van der Waals surface area contributed by atoms with Crippen LogP contribution < -0.4 is 0 Å². The Kier molecular flexibility index (Phi) is 3.57. The van der Waals surface area contributed by atoms with Crippen LogP contribution in [0.15, 0.2) is 24.3 Å². The summed E-state index contributed by atoms with van der Waals surface area (Å²) in [5.41, 5.74) is 4.97. The van der Waals surface area contributed by atoms with Crippen molar-refractivity contribution in [3.8, 4) is 11.4 Å². The molecule has 0 amide bonds. The second kappa shape index (κ2) is 4.95. The highest BCUT2D eigenvalue weighted by Crippen LogP contribution is 2.51. The van der Waals surface area contributed by atoms with E-state index in [9.17, 15) is 0 Å². The molecule has 2 heterocycles. The molecule has 0 aromatic carbocycles. The molecule has 98 valence electrons.